The van der Waals surface area contributed by atoms with Crippen molar-refractivity contribution in [3.63, 3.8) is 0 Å². The summed E-state index contributed by atoms with van der Waals surface area (Å²) in [6.45, 7) is 9.96. The summed E-state index contributed by atoms with van der Waals surface area (Å²) in [7, 11) is 2.13. The van der Waals surface area contributed by atoms with E-state index in [0.29, 0.717) is 37.9 Å². The molecule has 0 aliphatic carbocycles. The van der Waals surface area contributed by atoms with Crippen molar-refractivity contribution in [1.29, 1.82) is 0 Å². The third kappa shape index (κ3) is 9.72. The van der Waals surface area contributed by atoms with Gasteiger partial charge in [-0.3, -0.25) is 28.4 Å². The average molecular weight is 672 g/mol. The van der Waals surface area contributed by atoms with Crippen molar-refractivity contribution in [3.8, 4) is 5.75 Å². The van der Waals surface area contributed by atoms with Gasteiger partial charge in [-0.15, -0.1) is 0 Å². The van der Waals surface area contributed by atoms with Crippen LogP contribution in [0.4, 0.5) is 8.78 Å². The van der Waals surface area contributed by atoms with E-state index in [4.69, 9.17) is 4.74 Å². The molecule has 3 aromatic rings. The summed E-state index contributed by atoms with van der Waals surface area (Å²) in [6.07, 6.45) is 0.674. The maximum atomic E-state index is 13.9. The number of alkyl halides is 2. The number of likely N-dealkylation sites (N-methyl/N-ethyl adjacent to an activating group) is 1. The van der Waals surface area contributed by atoms with Gasteiger partial charge in [0, 0.05) is 51.9 Å². The first-order valence-corrected chi connectivity index (χ1v) is 16.3. The number of carbonyl (C=O) groups excluding carboxylic acids is 2. The molecule has 0 spiro atoms. The lowest BCUT2D eigenvalue weighted by molar-refractivity contribution is -0.138. The molecular weight excluding hydrogens is 624 g/mol. The van der Waals surface area contributed by atoms with Crippen LogP contribution in [0.2, 0.25) is 0 Å². The molecule has 1 amide bonds. The van der Waals surface area contributed by atoms with E-state index < -0.39 is 30.7 Å². The van der Waals surface area contributed by atoms with Gasteiger partial charge in [0.1, 0.15) is 24.7 Å². The average Bonchev–Trinajstić information content (AvgIpc) is 3.07. The molecule has 0 radical (unpaired) electrons. The molecule has 13 heteroatoms. The van der Waals surface area contributed by atoms with Gasteiger partial charge in [-0.05, 0) is 70.0 Å². The molecule has 0 bridgehead atoms. The number of piperazine rings is 1. The topological polar surface area (TPSA) is 106 Å². The van der Waals surface area contributed by atoms with Gasteiger partial charge in [-0.1, -0.05) is 24.3 Å². The van der Waals surface area contributed by atoms with Crippen molar-refractivity contribution in [2.75, 3.05) is 59.7 Å². The molecule has 5 rings (SSSR count). The largest absolute Gasteiger partial charge is 0.485 e. The predicted octanol–water partition coefficient (Wildman–Crippen LogP) is 3.40. The molecule has 262 valence electrons. The van der Waals surface area contributed by atoms with Crippen LogP contribution in [0, 0.1) is 0 Å². The van der Waals surface area contributed by atoms with E-state index in [1.54, 1.807) is 15.5 Å². The fourth-order valence-electron chi connectivity index (χ4n) is 5.81. The second-order valence-corrected chi connectivity index (χ2v) is 13.4. The molecule has 1 aromatic heterocycles. The second kappa shape index (κ2) is 16.8. The summed E-state index contributed by atoms with van der Waals surface area (Å²) < 4.78 is 39.1. The first-order valence-electron chi connectivity index (χ1n) is 16.3. The number of aromatic nitrogens is 2. The monoisotopic (exact) mass is 671 g/mol. The Morgan fingerprint density at radius 2 is 1.48 bits per heavy atom. The van der Waals surface area contributed by atoms with Crippen molar-refractivity contribution in [1.82, 2.24) is 23.8 Å². The molecule has 3 heterocycles. The molecule has 2 saturated heterocycles. The molecule has 0 unspecified atom stereocenters. The van der Waals surface area contributed by atoms with Crippen LogP contribution in [-0.4, -0.2) is 108 Å². The summed E-state index contributed by atoms with van der Waals surface area (Å²) in [5, 5.41) is 0.239. The van der Waals surface area contributed by atoms with Gasteiger partial charge in [0.05, 0.1) is 17.4 Å². The van der Waals surface area contributed by atoms with E-state index in [1.807, 2.05) is 45.0 Å². The van der Waals surface area contributed by atoms with E-state index in [9.17, 15) is 28.0 Å². The Labute approximate surface area is 279 Å². The number of rotatable bonds is 11. The van der Waals surface area contributed by atoms with Gasteiger partial charge in [0.25, 0.3) is 12.0 Å². The summed E-state index contributed by atoms with van der Waals surface area (Å²) in [4.78, 5) is 54.8. The van der Waals surface area contributed by atoms with Crippen LogP contribution in [0.1, 0.15) is 50.8 Å². The lowest BCUT2D eigenvalue weighted by atomic mass is 10.0. The predicted molar refractivity (Wildman–Crippen MR) is 180 cm³/mol. The van der Waals surface area contributed by atoms with Gasteiger partial charge >= 0.3 is 5.69 Å². The first-order chi connectivity index (χ1) is 23.0. The first kappa shape index (κ1) is 36.7. The number of benzene rings is 2. The van der Waals surface area contributed by atoms with Crippen LogP contribution in [-0.2, 0) is 27.4 Å². The van der Waals surface area contributed by atoms with Crippen molar-refractivity contribution in [3.05, 3.63) is 74.4 Å². The molecule has 0 saturated carbocycles. The van der Waals surface area contributed by atoms with Crippen LogP contribution in [0.15, 0.2) is 52.1 Å². The molecule has 2 fully saturated rings. The SMILES string of the molecule is CC(C)(C)OC=O.CN1CCN(Cc2ccc(Cn3c(=O)c4cc(OC(CF)CF)ccc4n(C4CCN(C=O)CC4)c3=O)cc2)CC1. The summed E-state index contributed by atoms with van der Waals surface area (Å²) in [6, 6.07) is 12.3. The maximum Gasteiger partial charge on any atom is 0.332 e. The fraction of sp³-hybridized carbons (Fsp3) is 0.543. The number of hydrogen-bond donors (Lipinski definition) is 0. The zero-order valence-electron chi connectivity index (χ0n) is 28.3. The molecule has 11 nitrogen and oxygen atoms in total. The molecule has 2 aliphatic rings. The summed E-state index contributed by atoms with van der Waals surface area (Å²) in [5.41, 5.74) is 1.19. The lowest BCUT2D eigenvalue weighted by Crippen LogP contribution is -2.44. The third-order valence-electron chi connectivity index (χ3n) is 8.57. The number of hydrogen-bond acceptors (Lipinski definition) is 8. The van der Waals surface area contributed by atoms with Crippen LogP contribution >= 0.6 is 0 Å². The number of ether oxygens (including phenoxy) is 2. The van der Waals surface area contributed by atoms with E-state index in [-0.39, 0.29) is 29.3 Å². The zero-order valence-corrected chi connectivity index (χ0v) is 28.3. The van der Waals surface area contributed by atoms with E-state index in [0.717, 1.165) is 44.7 Å². The smallest absolute Gasteiger partial charge is 0.332 e. The quantitative estimate of drug-likeness (QED) is 0.286. The Balaban J connectivity index is 0.000000671. The van der Waals surface area contributed by atoms with Crippen LogP contribution in [0.3, 0.4) is 0 Å². The van der Waals surface area contributed by atoms with E-state index >= 15 is 0 Å². The number of fused-ring (bicyclic) bond motifs is 1. The van der Waals surface area contributed by atoms with E-state index in [2.05, 4.69) is 21.6 Å². The number of carbonyl (C=O) groups is 2. The van der Waals surface area contributed by atoms with E-state index in [1.165, 1.54) is 22.3 Å². The minimum Gasteiger partial charge on any atom is -0.485 e. The van der Waals surface area contributed by atoms with Gasteiger partial charge < -0.3 is 19.3 Å². The molecular formula is C35H47F2N5O6. The standard InChI is InChI=1S/C30H37F2N5O4.C5H10O2/c1-33-12-14-34(15-13-33)19-22-2-4-23(5-3-22)20-36-29(39)27-16-25(41-26(17-31)18-32)6-7-28(27)37(30(36)40)24-8-10-35(21-38)11-9-24;1-5(2,3)7-4-6/h2-7,16,21,24,26H,8-15,17-20H2,1H3;4H,1-3H3. The Morgan fingerprint density at radius 3 is 2.00 bits per heavy atom. The number of halogens is 2. The van der Waals surface area contributed by atoms with Gasteiger partial charge in [-0.2, -0.15) is 0 Å². The zero-order chi connectivity index (χ0) is 34.8. The van der Waals surface area contributed by atoms with Crippen molar-refractivity contribution in [2.45, 2.75) is 64.4 Å². The second-order valence-electron chi connectivity index (χ2n) is 13.4. The van der Waals surface area contributed by atoms with Crippen molar-refractivity contribution >= 4 is 23.8 Å². The normalized spacial score (nSPS) is 16.4. The summed E-state index contributed by atoms with van der Waals surface area (Å²) in [5.74, 6) is 0.163. The van der Waals surface area contributed by atoms with Gasteiger partial charge in [-0.25, -0.2) is 13.6 Å². The highest BCUT2D eigenvalue weighted by molar-refractivity contribution is 5.80. The molecule has 2 aromatic carbocycles. The van der Waals surface area contributed by atoms with Gasteiger partial charge in [0.15, 0.2) is 6.10 Å². The highest BCUT2D eigenvalue weighted by Gasteiger charge is 2.25. The van der Waals surface area contributed by atoms with Crippen LogP contribution in [0.5, 0.6) is 5.75 Å². The Kier molecular flexibility index (Phi) is 12.9. The molecule has 0 N–H and O–H groups in total. The number of nitrogens with zero attached hydrogens (tertiary/aromatic N) is 5. The highest BCUT2D eigenvalue weighted by Crippen LogP contribution is 2.26. The lowest BCUT2D eigenvalue weighted by Gasteiger charge is -2.32. The number of amides is 1. The van der Waals surface area contributed by atoms with Crippen LogP contribution < -0.4 is 16.0 Å². The number of likely N-dealkylation sites (tertiary alicyclic amines) is 1. The molecule has 2 aliphatic heterocycles. The summed E-state index contributed by atoms with van der Waals surface area (Å²) >= 11 is 0. The highest BCUT2D eigenvalue weighted by atomic mass is 19.1. The van der Waals surface area contributed by atoms with Crippen molar-refractivity contribution < 1.29 is 27.8 Å². The number of piperidine rings is 1. The molecule has 48 heavy (non-hydrogen) atoms. The van der Waals surface area contributed by atoms with Gasteiger partial charge in [0.2, 0.25) is 6.41 Å². The molecule has 0 atom stereocenters. The Morgan fingerprint density at radius 1 is 0.875 bits per heavy atom. The fourth-order valence-corrected chi connectivity index (χ4v) is 5.81. The maximum absolute atomic E-state index is 13.9. The van der Waals surface area contributed by atoms with Crippen molar-refractivity contribution in [2.24, 2.45) is 0 Å². The minimum absolute atomic E-state index is 0.0816. The minimum atomic E-state index is -1.27. The third-order valence-corrected chi connectivity index (χ3v) is 8.57. The van der Waals surface area contributed by atoms with Crippen LogP contribution in [0.25, 0.3) is 10.9 Å². The Hall–Kier alpha value is -4.10. The Bertz CT molecular complexity index is 1620.